The van der Waals surface area contributed by atoms with Gasteiger partial charge in [0, 0.05) is 6.04 Å². The van der Waals surface area contributed by atoms with Gasteiger partial charge in [-0.1, -0.05) is 11.6 Å². The highest BCUT2D eigenvalue weighted by molar-refractivity contribution is 6.07. The number of carbonyl (C=O) groups is 1. The van der Waals surface area contributed by atoms with E-state index in [0.29, 0.717) is 12.8 Å². The number of amides is 1. The number of rotatable bonds is 4. The minimum absolute atomic E-state index is 0.245. The number of nitrogens with one attached hydrogen (secondary N) is 1. The van der Waals surface area contributed by atoms with Gasteiger partial charge in [-0.3, -0.25) is 4.79 Å². The lowest BCUT2D eigenvalue weighted by Crippen LogP contribution is -2.55. The van der Waals surface area contributed by atoms with Crippen molar-refractivity contribution in [3.8, 4) is 0 Å². The van der Waals surface area contributed by atoms with Gasteiger partial charge in [-0.05, 0) is 19.8 Å². The van der Waals surface area contributed by atoms with Gasteiger partial charge in [0.05, 0.1) is 6.42 Å². The third-order valence-corrected chi connectivity index (χ3v) is 3.15. The van der Waals surface area contributed by atoms with Crippen LogP contribution in [0.25, 0.3) is 0 Å². The third-order valence-electron chi connectivity index (χ3n) is 3.15. The zero-order valence-corrected chi connectivity index (χ0v) is 9.92. The SMILES string of the molecule is CC(CC(F)(F)F)NC(=O)C1(C(N)=NO)CCC1. The molecule has 18 heavy (non-hydrogen) atoms. The Morgan fingerprint density at radius 1 is 1.56 bits per heavy atom. The van der Waals surface area contributed by atoms with E-state index in [9.17, 15) is 18.0 Å². The highest BCUT2D eigenvalue weighted by Gasteiger charge is 2.49. The average Bonchev–Trinajstić information content (AvgIpc) is 2.11. The quantitative estimate of drug-likeness (QED) is 0.311. The third kappa shape index (κ3) is 3.05. The Hall–Kier alpha value is -1.47. The molecule has 1 aliphatic carbocycles. The number of carbonyl (C=O) groups excluding carboxylic acids is 1. The molecule has 0 radical (unpaired) electrons. The Morgan fingerprint density at radius 3 is 2.44 bits per heavy atom. The minimum atomic E-state index is -4.34. The molecule has 0 aromatic carbocycles. The van der Waals surface area contributed by atoms with Gasteiger partial charge in [0.2, 0.25) is 5.91 Å². The normalized spacial score (nSPS) is 21.0. The van der Waals surface area contributed by atoms with E-state index in [-0.39, 0.29) is 5.84 Å². The zero-order chi connectivity index (χ0) is 14.0. The first-order valence-corrected chi connectivity index (χ1v) is 5.57. The Morgan fingerprint density at radius 2 is 2.11 bits per heavy atom. The van der Waals surface area contributed by atoms with Crippen molar-refractivity contribution in [3.63, 3.8) is 0 Å². The molecule has 1 aliphatic rings. The first kappa shape index (κ1) is 14.6. The summed E-state index contributed by atoms with van der Waals surface area (Å²) in [5, 5.41) is 13.7. The summed E-state index contributed by atoms with van der Waals surface area (Å²) >= 11 is 0. The van der Waals surface area contributed by atoms with Crippen LogP contribution in [0.4, 0.5) is 13.2 Å². The molecule has 1 atom stereocenters. The molecule has 0 spiro atoms. The second-order valence-corrected chi connectivity index (χ2v) is 4.61. The fourth-order valence-corrected chi connectivity index (χ4v) is 1.99. The van der Waals surface area contributed by atoms with Gasteiger partial charge in [0.1, 0.15) is 5.41 Å². The molecule has 1 rings (SSSR count). The Balaban J connectivity index is 2.65. The molecule has 1 amide bonds. The maximum absolute atomic E-state index is 12.1. The van der Waals surface area contributed by atoms with E-state index in [0.717, 1.165) is 6.42 Å². The predicted octanol–water partition coefficient (Wildman–Crippen LogP) is 1.36. The number of amidine groups is 1. The van der Waals surface area contributed by atoms with Gasteiger partial charge in [-0.25, -0.2) is 0 Å². The van der Waals surface area contributed by atoms with Crippen molar-refractivity contribution < 1.29 is 23.2 Å². The van der Waals surface area contributed by atoms with E-state index in [1.165, 1.54) is 6.92 Å². The largest absolute Gasteiger partial charge is 0.409 e. The fraction of sp³-hybridized carbons (Fsp3) is 0.800. The summed E-state index contributed by atoms with van der Waals surface area (Å²) < 4.78 is 36.4. The lowest BCUT2D eigenvalue weighted by molar-refractivity contribution is -0.144. The molecule has 0 saturated heterocycles. The van der Waals surface area contributed by atoms with E-state index in [1.807, 2.05) is 0 Å². The van der Waals surface area contributed by atoms with Crippen molar-refractivity contribution in [1.82, 2.24) is 5.32 Å². The van der Waals surface area contributed by atoms with E-state index < -0.39 is 30.0 Å². The van der Waals surface area contributed by atoms with Crippen molar-refractivity contribution >= 4 is 11.7 Å². The molecule has 5 nitrogen and oxygen atoms in total. The van der Waals surface area contributed by atoms with Crippen LogP contribution in [0.2, 0.25) is 0 Å². The highest BCUT2D eigenvalue weighted by atomic mass is 19.4. The summed E-state index contributed by atoms with van der Waals surface area (Å²) in [5.74, 6) is -0.855. The fourth-order valence-electron chi connectivity index (χ4n) is 1.99. The maximum atomic E-state index is 12.1. The van der Waals surface area contributed by atoms with Crippen molar-refractivity contribution in [2.45, 2.75) is 44.8 Å². The summed E-state index contributed by atoms with van der Waals surface area (Å²) in [6.07, 6.45) is -3.96. The van der Waals surface area contributed by atoms with Gasteiger partial charge < -0.3 is 16.3 Å². The number of nitrogens with two attached hydrogens (primary N) is 1. The molecule has 1 unspecified atom stereocenters. The second-order valence-electron chi connectivity index (χ2n) is 4.61. The van der Waals surface area contributed by atoms with Gasteiger partial charge in [-0.2, -0.15) is 13.2 Å². The second kappa shape index (κ2) is 5.03. The highest BCUT2D eigenvalue weighted by Crippen LogP contribution is 2.41. The standard InChI is InChI=1S/C10H16F3N3O2/c1-6(5-10(11,12)13)15-8(17)9(3-2-4-9)7(14)16-18/h6,18H,2-5H2,1H3,(H2,14,16)(H,15,17). The van der Waals surface area contributed by atoms with Crippen molar-refractivity contribution in [1.29, 1.82) is 0 Å². The number of hydrogen-bond donors (Lipinski definition) is 3. The lowest BCUT2D eigenvalue weighted by Gasteiger charge is -2.39. The maximum Gasteiger partial charge on any atom is 0.391 e. The lowest BCUT2D eigenvalue weighted by atomic mass is 9.67. The van der Waals surface area contributed by atoms with Gasteiger partial charge in [0.15, 0.2) is 5.84 Å². The first-order chi connectivity index (χ1) is 8.21. The van der Waals surface area contributed by atoms with Crippen LogP contribution < -0.4 is 11.1 Å². The summed E-state index contributed by atoms with van der Waals surface area (Å²) in [6.45, 7) is 1.27. The molecule has 4 N–H and O–H groups in total. The number of oxime groups is 1. The van der Waals surface area contributed by atoms with Gasteiger partial charge >= 0.3 is 6.18 Å². The van der Waals surface area contributed by atoms with Crippen LogP contribution >= 0.6 is 0 Å². The van der Waals surface area contributed by atoms with Crippen LogP contribution in [0.5, 0.6) is 0 Å². The zero-order valence-electron chi connectivity index (χ0n) is 9.92. The van der Waals surface area contributed by atoms with E-state index in [4.69, 9.17) is 10.9 Å². The molecule has 0 heterocycles. The molecule has 1 saturated carbocycles. The van der Waals surface area contributed by atoms with Crippen LogP contribution in [0.1, 0.15) is 32.6 Å². The molecule has 0 aromatic heterocycles. The molecule has 1 fully saturated rings. The van der Waals surface area contributed by atoms with E-state index >= 15 is 0 Å². The van der Waals surface area contributed by atoms with E-state index in [2.05, 4.69) is 10.5 Å². The van der Waals surface area contributed by atoms with E-state index in [1.54, 1.807) is 0 Å². The molecule has 0 bridgehead atoms. The molecule has 8 heteroatoms. The summed E-state index contributed by atoms with van der Waals surface area (Å²) in [5.41, 5.74) is 4.29. The number of nitrogens with zero attached hydrogens (tertiary/aromatic N) is 1. The monoisotopic (exact) mass is 267 g/mol. The average molecular weight is 267 g/mol. The molecular weight excluding hydrogens is 251 g/mol. The van der Waals surface area contributed by atoms with Crippen LogP contribution in [0, 0.1) is 5.41 Å². The molecule has 104 valence electrons. The van der Waals surface area contributed by atoms with Crippen LogP contribution in [-0.2, 0) is 4.79 Å². The summed E-state index contributed by atoms with van der Waals surface area (Å²) in [6, 6.07) is -1.04. The molecule has 0 aromatic rings. The number of alkyl halides is 3. The molecular formula is C10H16F3N3O2. The smallest absolute Gasteiger partial charge is 0.391 e. The predicted molar refractivity (Wildman–Crippen MR) is 58.0 cm³/mol. The number of hydrogen-bond acceptors (Lipinski definition) is 3. The van der Waals surface area contributed by atoms with Crippen molar-refractivity contribution in [2.75, 3.05) is 0 Å². The Labute approximate surface area is 102 Å². The van der Waals surface area contributed by atoms with Gasteiger partial charge in [0.25, 0.3) is 0 Å². The van der Waals surface area contributed by atoms with Crippen LogP contribution in [0.3, 0.4) is 0 Å². The number of halogens is 3. The van der Waals surface area contributed by atoms with Crippen molar-refractivity contribution in [2.24, 2.45) is 16.3 Å². The summed E-state index contributed by atoms with van der Waals surface area (Å²) in [4.78, 5) is 11.9. The Bertz CT molecular complexity index is 351. The Kier molecular flexibility index (Phi) is 4.08. The van der Waals surface area contributed by atoms with Crippen LogP contribution in [-0.4, -0.2) is 29.2 Å². The molecule has 0 aliphatic heterocycles. The van der Waals surface area contributed by atoms with Gasteiger partial charge in [-0.15, -0.1) is 0 Å². The van der Waals surface area contributed by atoms with Crippen LogP contribution in [0.15, 0.2) is 5.16 Å². The minimum Gasteiger partial charge on any atom is -0.409 e. The summed E-state index contributed by atoms with van der Waals surface area (Å²) in [7, 11) is 0. The van der Waals surface area contributed by atoms with Crippen molar-refractivity contribution in [3.05, 3.63) is 0 Å². The topological polar surface area (TPSA) is 87.7 Å². The first-order valence-electron chi connectivity index (χ1n) is 5.57.